The van der Waals surface area contributed by atoms with Gasteiger partial charge in [-0.2, -0.15) is 5.10 Å². The van der Waals surface area contributed by atoms with Crippen LogP contribution in [0.15, 0.2) is 15.7 Å². The molecule has 1 aromatic heterocycles. The Balaban J connectivity index is 2.88. The SMILES string of the molecule is CCSc1cnn(C(C)C)c1Br. The van der Waals surface area contributed by atoms with Gasteiger partial charge in [-0.15, -0.1) is 11.8 Å². The fourth-order valence-electron chi connectivity index (χ4n) is 0.944. The average molecular weight is 249 g/mol. The Labute approximate surface area is 85.9 Å². The first-order chi connectivity index (χ1) is 5.66. The van der Waals surface area contributed by atoms with E-state index in [0.29, 0.717) is 6.04 Å². The summed E-state index contributed by atoms with van der Waals surface area (Å²) in [6.45, 7) is 6.39. The van der Waals surface area contributed by atoms with Crippen molar-refractivity contribution in [2.45, 2.75) is 31.7 Å². The molecule has 0 fully saturated rings. The quantitative estimate of drug-likeness (QED) is 0.764. The van der Waals surface area contributed by atoms with Crippen molar-refractivity contribution >= 4 is 27.7 Å². The van der Waals surface area contributed by atoms with E-state index in [1.807, 2.05) is 22.6 Å². The zero-order valence-corrected chi connectivity index (χ0v) is 9.94. The maximum atomic E-state index is 4.28. The first-order valence-electron chi connectivity index (χ1n) is 4.02. The lowest BCUT2D eigenvalue weighted by Crippen LogP contribution is -2.02. The maximum absolute atomic E-state index is 4.28. The van der Waals surface area contributed by atoms with Gasteiger partial charge in [-0.1, -0.05) is 6.92 Å². The van der Waals surface area contributed by atoms with Gasteiger partial charge in [0.25, 0.3) is 0 Å². The molecule has 0 spiro atoms. The van der Waals surface area contributed by atoms with Crippen LogP contribution >= 0.6 is 27.7 Å². The van der Waals surface area contributed by atoms with E-state index in [0.717, 1.165) is 10.4 Å². The number of halogens is 1. The lowest BCUT2D eigenvalue weighted by atomic mass is 10.4. The maximum Gasteiger partial charge on any atom is 0.117 e. The molecule has 0 unspecified atom stereocenters. The molecule has 12 heavy (non-hydrogen) atoms. The van der Waals surface area contributed by atoms with Crippen molar-refractivity contribution < 1.29 is 0 Å². The smallest absolute Gasteiger partial charge is 0.117 e. The van der Waals surface area contributed by atoms with Crippen LogP contribution in [0.25, 0.3) is 0 Å². The zero-order valence-electron chi connectivity index (χ0n) is 7.54. The molecule has 0 saturated carbocycles. The van der Waals surface area contributed by atoms with Gasteiger partial charge in [0.1, 0.15) is 4.60 Å². The molecular weight excluding hydrogens is 236 g/mol. The normalized spacial score (nSPS) is 11.1. The van der Waals surface area contributed by atoms with Crippen molar-refractivity contribution in [2.24, 2.45) is 0 Å². The van der Waals surface area contributed by atoms with Crippen molar-refractivity contribution in [3.05, 3.63) is 10.8 Å². The van der Waals surface area contributed by atoms with E-state index in [9.17, 15) is 0 Å². The van der Waals surface area contributed by atoms with Crippen molar-refractivity contribution in [2.75, 3.05) is 5.75 Å². The standard InChI is InChI=1S/C8H13BrN2S/c1-4-12-7-5-10-11(6(2)3)8(7)9/h5-6H,4H2,1-3H3. The van der Waals surface area contributed by atoms with Crippen LogP contribution in [0.2, 0.25) is 0 Å². The van der Waals surface area contributed by atoms with E-state index < -0.39 is 0 Å². The number of rotatable bonds is 3. The number of hydrogen-bond donors (Lipinski definition) is 0. The van der Waals surface area contributed by atoms with Gasteiger partial charge in [0.2, 0.25) is 0 Å². The molecular formula is C8H13BrN2S. The molecule has 0 N–H and O–H groups in total. The number of aromatic nitrogens is 2. The Bertz CT molecular complexity index is 258. The lowest BCUT2D eigenvalue weighted by molar-refractivity contribution is 0.520. The van der Waals surface area contributed by atoms with E-state index in [1.54, 1.807) is 0 Å². The highest BCUT2D eigenvalue weighted by Gasteiger charge is 2.09. The van der Waals surface area contributed by atoms with E-state index in [-0.39, 0.29) is 0 Å². The summed E-state index contributed by atoms with van der Waals surface area (Å²) in [7, 11) is 0. The van der Waals surface area contributed by atoms with Gasteiger partial charge in [0, 0.05) is 6.04 Å². The van der Waals surface area contributed by atoms with Gasteiger partial charge >= 0.3 is 0 Å². The summed E-state index contributed by atoms with van der Waals surface area (Å²) in [5, 5.41) is 4.28. The van der Waals surface area contributed by atoms with Crippen LogP contribution in [0, 0.1) is 0 Å². The molecule has 4 heteroatoms. The Morgan fingerprint density at radius 1 is 1.67 bits per heavy atom. The summed E-state index contributed by atoms with van der Waals surface area (Å²) in [5.41, 5.74) is 0. The van der Waals surface area contributed by atoms with Gasteiger partial charge in [-0.05, 0) is 35.5 Å². The average Bonchev–Trinajstić information content (AvgIpc) is 2.34. The molecule has 0 aliphatic carbocycles. The Morgan fingerprint density at radius 3 is 2.75 bits per heavy atom. The van der Waals surface area contributed by atoms with Crippen molar-refractivity contribution in [1.29, 1.82) is 0 Å². The van der Waals surface area contributed by atoms with Crippen LogP contribution in [-0.2, 0) is 0 Å². The minimum Gasteiger partial charge on any atom is -0.255 e. The minimum absolute atomic E-state index is 0.422. The molecule has 2 nitrogen and oxygen atoms in total. The molecule has 0 aromatic carbocycles. The fraction of sp³-hybridized carbons (Fsp3) is 0.625. The van der Waals surface area contributed by atoms with Crippen LogP contribution < -0.4 is 0 Å². The third kappa shape index (κ3) is 2.04. The van der Waals surface area contributed by atoms with Crippen LogP contribution in [0.3, 0.4) is 0 Å². The van der Waals surface area contributed by atoms with Crippen molar-refractivity contribution in [3.8, 4) is 0 Å². The van der Waals surface area contributed by atoms with Gasteiger partial charge in [-0.25, -0.2) is 0 Å². The van der Waals surface area contributed by atoms with E-state index in [2.05, 4.69) is 41.8 Å². The molecule has 0 radical (unpaired) electrons. The molecule has 68 valence electrons. The molecule has 0 saturated heterocycles. The Morgan fingerprint density at radius 2 is 2.33 bits per heavy atom. The molecule has 1 rings (SSSR count). The van der Waals surface area contributed by atoms with Crippen LogP contribution in [0.4, 0.5) is 0 Å². The second kappa shape index (κ2) is 4.33. The van der Waals surface area contributed by atoms with E-state index in [1.165, 1.54) is 4.90 Å². The Hall–Kier alpha value is 0.0400. The minimum atomic E-state index is 0.422. The third-order valence-electron chi connectivity index (χ3n) is 1.49. The molecule has 0 amide bonds. The van der Waals surface area contributed by atoms with Gasteiger partial charge < -0.3 is 0 Å². The van der Waals surface area contributed by atoms with Crippen molar-refractivity contribution in [1.82, 2.24) is 9.78 Å². The highest BCUT2D eigenvalue weighted by Crippen LogP contribution is 2.28. The molecule has 0 atom stereocenters. The summed E-state index contributed by atoms with van der Waals surface area (Å²) in [6, 6.07) is 0.422. The summed E-state index contributed by atoms with van der Waals surface area (Å²) in [5.74, 6) is 1.09. The monoisotopic (exact) mass is 248 g/mol. The predicted octanol–water partition coefficient (Wildman–Crippen LogP) is 3.34. The highest BCUT2D eigenvalue weighted by molar-refractivity contribution is 9.10. The lowest BCUT2D eigenvalue weighted by Gasteiger charge is -2.06. The van der Waals surface area contributed by atoms with Crippen LogP contribution in [0.5, 0.6) is 0 Å². The topological polar surface area (TPSA) is 17.8 Å². The zero-order chi connectivity index (χ0) is 9.14. The number of thioether (sulfide) groups is 1. The van der Waals surface area contributed by atoms with Gasteiger partial charge in [0.15, 0.2) is 0 Å². The summed E-state index contributed by atoms with van der Waals surface area (Å²) in [4.78, 5) is 1.23. The van der Waals surface area contributed by atoms with E-state index >= 15 is 0 Å². The number of nitrogens with zero attached hydrogens (tertiary/aromatic N) is 2. The summed E-state index contributed by atoms with van der Waals surface area (Å²) in [6.07, 6.45) is 1.91. The molecule has 0 aliphatic rings. The first-order valence-corrected chi connectivity index (χ1v) is 5.80. The van der Waals surface area contributed by atoms with Crippen molar-refractivity contribution in [3.63, 3.8) is 0 Å². The van der Waals surface area contributed by atoms with Crippen LogP contribution in [0.1, 0.15) is 26.8 Å². The van der Waals surface area contributed by atoms with Gasteiger partial charge in [0.05, 0.1) is 11.1 Å². The van der Waals surface area contributed by atoms with Crippen LogP contribution in [-0.4, -0.2) is 15.5 Å². The van der Waals surface area contributed by atoms with Gasteiger partial charge in [-0.3, -0.25) is 4.68 Å². The van der Waals surface area contributed by atoms with E-state index in [4.69, 9.17) is 0 Å². The summed E-state index contributed by atoms with van der Waals surface area (Å²) < 4.78 is 3.09. The molecule has 1 heterocycles. The third-order valence-corrected chi connectivity index (χ3v) is 3.44. The molecule has 0 bridgehead atoms. The molecule has 1 aromatic rings. The second-order valence-corrected chi connectivity index (χ2v) is 4.83. The second-order valence-electron chi connectivity index (χ2n) is 2.77. The largest absolute Gasteiger partial charge is 0.255 e. The summed E-state index contributed by atoms with van der Waals surface area (Å²) >= 11 is 5.34. The highest BCUT2D eigenvalue weighted by atomic mass is 79.9. The number of hydrogen-bond acceptors (Lipinski definition) is 2. The fourth-order valence-corrected chi connectivity index (χ4v) is 2.54. The Kier molecular flexibility index (Phi) is 3.65. The molecule has 0 aliphatic heterocycles. The predicted molar refractivity (Wildman–Crippen MR) is 56.7 cm³/mol. The first kappa shape index (κ1) is 10.1.